The van der Waals surface area contributed by atoms with Gasteiger partial charge in [-0.15, -0.1) is 0 Å². The van der Waals surface area contributed by atoms with Gasteiger partial charge in [0.05, 0.1) is 12.8 Å². The Bertz CT molecular complexity index is 340. The minimum atomic E-state index is -0.0610. The molecule has 0 spiro atoms. The van der Waals surface area contributed by atoms with Gasteiger partial charge in [-0.25, -0.2) is 4.98 Å². The molecule has 0 atom stereocenters. The molecule has 1 rings (SSSR count). The fourth-order valence-electron chi connectivity index (χ4n) is 1.25. The molecule has 3 nitrogen and oxygen atoms in total. The lowest BCUT2D eigenvalue weighted by atomic mass is 9.90. The molecule has 0 aromatic carbocycles. The summed E-state index contributed by atoms with van der Waals surface area (Å²) in [5.74, 6) is 1.47. The summed E-state index contributed by atoms with van der Waals surface area (Å²) in [5, 5.41) is 0. The fourth-order valence-corrected chi connectivity index (χ4v) is 1.25. The van der Waals surface area contributed by atoms with Crippen LogP contribution in [0.1, 0.15) is 53.1 Å². The van der Waals surface area contributed by atoms with Crippen LogP contribution in [0.15, 0.2) is 6.07 Å². The first-order valence-corrected chi connectivity index (χ1v) is 5.58. The van der Waals surface area contributed by atoms with E-state index in [0.29, 0.717) is 5.88 Å². The Morgan fingerprint density at radius 3 is 1.88 bits per heavy atom. The van der Waals surface area contributed by atoms with Crippen molar-refractivity contribution in [3.8, 4) is 5.88 Å². The highest BCUT2D eigenvalue weighted by atomic mass is 16.5. The Hall–Kier alpha value is -1.12. The second-order valence-electron chi connectivity index (χ2n) is 6.12. The minimum absolute atomic E-state index is 0.0101. The van der Waals surface area contributed by atoms with Crippen molar-refractivity contribution in [2.75, 3.05) is 7.11 Å². The molecule has 0 N–H and O–H groups in total. The van der Waals surface area contributed by atoms with Crippen LogP contribution in [-0.4, -0.2) is 17.1 Å². The predicted octanol–water partition coefficient (Wildman–Crippen LogP) is 3.08. The van der Waals surface area contributed by atoms with Gasteiger partial charge in [0.15, 0.2) is 0 Å². The molecule has 1 heterocycles. The van der Waals surface area contributed by atoms with Gasteiger partial charge < -0.3 is 4.74 Å². The Labute approximate surface area is 98.3 Å². The third-order valence-corrected chi connectivity index (χ3v) is 2.35. The van der Waals surface area contributed by atoms with E-state index >= 15 is 0 Å². The molecule has 16 heavy (non-hydrogen) atoms. The second-order valence-corrected chi connectivity index (χ2v) is 6.12. The third kappa shape index (κ3) is 2.94. The maximum atomic E-state index is 5.23. The SMILES string of the molecule is COc1cc(C(C)(C)C)nc(C(C)(C)C)n1. The van der Waals surface area contributed by atoms with Gasteiger partial charge in [-0.1, -0.05) is 41.5 Å². The van der Waals surface area contributed by atoms with Gasteiger partial charge in [-0.2, -0.15) is 4.98 Å². The van der Waals surface area contributed by atoms with Crippen molar-refractivity contribution in [2.24, 2.45) is 0 Å². The third-order valence-electron chi connectivity index (χ3n) is 2.35. The first-order chi connectivity index (χ1) is 7.14. The lowest BCUT2D eigenvalue weighted by Gasteiger charge is -2.23. The molecule has 0 saturated carbocycles. The Kier molecular flexibility index (Phi) is 3.27. The molecule has 90 valence electrons. The highest BCUT2D eigenvalue weighted by molar-refractivity contribution is 5.23. The predicted molar refractivity (Wildman–Crippen MR) is 66.0 cm³/mol. The van der Waals surface area contributed by atoms with Crippen LogP contribution in [0.4, 0.5) is 0 Å². The molecular formula is C13H22N2O. The van der Waals surface area contributed by atoms with Crippen LogP contribution in [0.5, 0.6) is 5.88 Å². The molecule has 0 aliphatic carbocycles. The summed E-state index contributed by atoms with van der Waals surface area (Å²) in [6.07, 6.45) is 0. The van der Waals surface area contributed by atoms with Crippen LogP contribution < -0.4 is 4.74 Å². The van der Waals surface area contributed by atoms with Crippen molar-refractivity contribution in [1.29, 1.82) is 0 Å². The number of hydrogen-bond donors (Lipinski definition) is 0. The first-order valence-electron chi connectivity index (χ1n) is 5.58. The summed E-state index contributed by atoms with van der Waals surface area (Å²) in [7, 11) is 1.64. The molecule has 0 bridgehead atoms. The average molecular weight is 222 g/mol. The van der Waals surface area contributed by atoms with Crippen LogP contribution in [0, 0.1) is 0 Å². The summed E-state index contributed by atoms with van der Waals surface area (Å²) < 4.78 is 5.23. The van der Waals surface area contributed by atoms with Crippen LogP contribution >= 0.6 is 0 Å². The van der Waals surface area contributed by atoms with E-state index in [1.807, 2.05) is 6.07 Å². The lowest BCUT2D eigenvalue weighted by Crippen LogP contribution is -2.21. The Balaban J connectivity index is 3.33. The average Bonchev–Trinajstić information content (AvgIpc) is 2.14. The molecule has 1 aromatic heterocycles. The number of aromatic nitrogens is 2. The monoisotopic (exact) mass is 222 g/mol. The van der Waals surface area contributed by atoms with Gasteiger partial charge in [0.25, 0.3) is 0 Å². The number of hydrogen-bond acceptors (Lipinski definition) is 3. The van der Waals surface area contributed by atoms with Crippen LogP contribution in [0.2, 0.25) is 0 Å². The standard InChI is InChI=1S/C13H22N2O/c1-12(2,3)9-8-10(16-7)15-11(14-9)13(4,5)6/h8H,1-7H3. The molecule has 0 fully saturated rings. The van der Waals surface area contributed by atoms with Gasteiger partial charge in [0.1, 0.15) is 5.82 Å². The maximum Gasteiger partial charge on any atom is 0.216 e. The van der Waals surface area contributed by atoms with Gasteiger partial charge in [-0.05, 0) is 0 Å². The molecule has 0 aliphatic rings. The van der Waals surface area contributed by atoms with Crippen molar-refractivity contribution < 1.29 is 4.74 Å². The summed E-state index contributed by atoms with van der Waals surface area (Å²) in [4.78, 5) is 9.04. The molecule has 3 heteroatoms. The van der Waals surface area contributed by atoms with Gasteiger partial charge in [0.2, 0.25) is 5.88 Å². The number of methoxy groups -OCH3 is 1. The maximum absolute atomic E-state index is 5.23. The Morgan fingerprint density at radius 2 is 1.50 bits per heavy atom. The highest BCUT2D eigenvalue weighted by Gasteiger charge is 2.23. The van der Waals surface area contributed by atoms with Crippen molar-refractivity contribution in [1.82, 2.24) is 9.97 Å². The van der Waals surface area contributed by atoms with Crippen molar-refractivity contribution in [2.45, 2.75) is 52.4 Å². The summed E-state index contributed by atoms with van der Waals surface area (Å²) in [6.45, 7) is 12.7. The molecule has 0 amide bonds. The van der Waals surface area contributed by atoms with E-state index in [2.05, 4.69) is 51.5 Å². The van der Waals surface area contributed by atoms with E-state index in [0.717, 1.165) is 11.5 Å². The molecule has 0 aliphatic heterocycles. The number of rotatable bonds is 1. The first kappa shape index (κ1) is 12.9. The van der Waals surface area contributed by atoms with Crippen LogP contribution in [0.3, 0.4) is 0 Å². The van der Waals surface area contributed by atoms with Crippen molar-refractivity contribution in [3.63, 3.8) is 0 Å². The van der Waals surface area contributed by atoms with E-state index in [9.17, 15) is 0 Å². The smallest absolute Gasteiger partial charge is 0.216 e. The van der Waals surface area contributed by atoms with Gasteiger partial charge in [-0.3, -0.25) is 0 Å². The topological polar surface area (TPSA) is 35.0 Å². The largest absolute Gasteiger partial charge is 0.481 e. The molecule has 1 aromatic rings. The number of nitrogens with zero attached hydrogens (tertiary/aromatic N) is 2. The van der Waals surface area contributed by atoms with Crippen LogP contribution in [-0.2, 0) is 10.8 Å². The van der Waals surface area contributed by atoms with Crippen LogP contribution in [0.25, 0.3) is 0 Å². The van der Waals surface area contributed by atoms with Gasteiger partial charge >= 0.3 is 0 Å². The minimum Gasteiger partial charge on any atom is -0.481 e. The molecule has 0 radical (unpaired) electrons. The zero-order chi connectivity index (χ0) is 12.6. The highest BCUT2D eigenvalue weighted by Crippen LogP contribution is 2.27. The van der Waals surface area contributed by atoms with Crippen molar-refractivity contribution >= 4 is 0 Å². The molecule has 0 saturated heterocycles. The number of ether oxygens (including phenoxy) is 1. The summed E-state index contributed by atoms with van der Waals surface area (Å²) in [6, 6.07) is 1.91. The summed E-state index contributed by atoms with van der Waals surface area (Å²) >= 11 is 0. The normalized spacial score (nSPS) is 12.7. The van der Waals surface area contributed by atoms with E-state index < -0.39 is 0 Å². The lowest BCUT2D eigenvalue weighted by molar-refractivity contribution is 0.383. The second kappa shape index (κ2) is 4.04. The van der Waals surface area contributed by atoms with E-state index in [1.165, 1.54) is 0 Å². The summed E-state index contributed by atoms with van der Waals surface area (Å²) in [5.41, 5.74) is 0.967. The molecule has 0 unspecified atom stereocenters. The van der Waals surface area contributed by atoms with Gasteiger partial charge in [0, 0.05) is 16.9 Å². The fraction of sp³-hybridized carbons (Fsp3) is 0.692. The Morgan fingerprint density at radius 1 is 0.938 bits per heavy atom. The van der Waals surface area contributed by atoms with E-state index in [-0.39, 0.29) is 10.8 Å². The zero-order valence-corrected chi connectivity index (χ0v) is 11.4. The molecular weight excluding hydrogens is 200 g/mol. The zero-order valence-electron chi connectivity index (χ0n) is 11.4. The van der Waals surface area contributed by atoms with E-state index in [4.69, 9.17) is 4.74 Å². The van der Waals surface area contributed by atoms with Crippen molar-refractivity contribution in [3.05, 3.63) is 17.6 Å². The quantitative estimate of drug-likeness (QED) is 0.732. The van der Waals surface area contributed by atoms with E-state index in [1.54, 1.807) is 7.11 Å².